The van der Waals surface area contributed by atoms with Crippen LogP contribution in [-0.4, -0.2) is 23.8 Å². The molecule has 0 bridgehead atoms. The number of aliphatic hydroxyl groups excluding tert-OH is 1. The quantitative estimate of drug-likeness (QED) is 0.794. The van der Waals surface area contributed by atoms with Gasteiger partial charge in [-0.15, -0.1) is 0 Å². The minimum Gasteiger partial charge on any atom is -0.391 e. The molecule has 22 heavy (non-hydrogen) atoms. The molecular weight excluding hydrogens is 276 g/mol. The Bertz CT molecular complexity index is 626. The summed E-state index contributed by atoms with van der Waals surface area (Å²) in [5.74, 6) is 0. The monoisotopic (exact) mass is 298 g/mol. The van der Waals surface area contributed by atoms with Crippen molar-refractivity contribution >= 4 is 11.7 Å². The lowest BCUT2D eigenvalue weighted by Gasteiger charge is -2.13. The maximum absolute atomic E-state index is 11.8. The van der Waals surface area contributed by atoms with Gasteiger partial charge in [0.15, 0.2) is 0 Å². The second kappa shape index (κ2) is 7.61. The smallest absolute Gasteiger partial charge is 0.319 e. The van der Waals surface area contributed by atoms with E-state index in [1.165, 1.54) is 5.56 Å². The first-order valence-electron chi connectivity index (χ1n) is 7.38. The van der Waals surface area contributed by atoms with Crippen LogP contribution >= 0.6 is 0 Å². The molecule has 1 unspecified atom stereocenters. The topological polar surface area (TPSA) is 61.4 Å². The standard InChI is InChI=1S/C18H22N2O2/c1-13-8-9-16(10-14(13)2)20-18(22)19-12-17(21)11-15-6-4-3-5-7-15/h3-10,17,21H,11-12H2,1-2H3,(H2,19,20,22). The molecule has 0 heterocycles. The third-order valence-corrected chi connectivity index (χ3v) is 3.58. The zero-order valence-electron chi connectivity index (χ0n) is 13.0. The number of carbonyl (C=O) groups excluding carboxylic acids is 1. The second-order valence-electron chi connectivity index (χ2n) is 5.48. The van der Waals surface area contributed by atoms with Crippen LogP contribution in [0.1, 0.15) is 16.7 Å². The van der Waals surface area contributed by atoms with Crippen LogP contribution in [0.25, 0.3) is 0 Å². The highest BCUT2D eigenvalue weighted by atomic mass is 16.3. The first-order valence-corrected chi connectivity index (χ1v) is 7.38. The summed E-state index contributed by atoms with van der Waals surface area (Å²) in [4.78, 5) is 11.8. The lowest BCUT2D eigenvalue weighted by molar-refractivity contribution is 0.172. The first kappa shape index (κ1) is 16.0. The van der Waals surface area contributed by atoms with Gasteiger partial charge < -0.3 is 15.7 Å². The third kappa shape index (κ3) is 4.90. The van der Waals surface area contributed by atoms with E-state index in [1.54, 1.807) is 0 Å². The van der Waals surface area contributed by atoms with E-state index >= 15 is 0 Å². The molecule has 2 aromatic rings. The van der Waals surface area contributed by atoms with E-state index in [2.05, 4.69) is 10.6 Å². The zero-order chi connectivity index (χ0) is 15.9. The van der Waals surface area contributed by atoms with Crippen LogP contribution < -0.4 is 10.6 Å². The number of rotatable bonds is 5. The number of urea groups is 1. The molecule has 0 radical (unpaired) electrons. The van der Waals surface area contributed by atoms with Gasteiger partial charge in [-0.2, -0.15) is 0 Å². The maximum atomic E-state index is 11.8. The van der Waals surface area contributed by atoms with Gasteiger partial charge in [0.05, 0.1) is 6.10 Å². The molecule has 0 aliphatic heterocycles. The molecule has 116 valence electrons. The summed E-state index contributed by atoms with van der Waals surface area (Å²) in [7, 11) is 0. The average molecular weight is 298 g/mol. The minimum absolute atomic E-state index is 0.214. The van der Waals surface area contributed by atoms with Gasteiger partial charge in [0, 0.05) is 18.7 Å². The van der Waals surface area contributed by atoms with Gasteiger partial charge in [0.1, 0.15) is 0 Å². The van der Waals surface area contributed by atoms with Crippen LogP contribution in [0.4, 0.5) is 10.5 Å². The number of hydrogen-bond acceptors (Lipinski definition) is 2. The molecule has 0 spiro atoms. The number of nitrogens with one attached hydrogen (secondary N) is 2. The highest BCUT2D eigenvalue weighted by Gasteiger charge is 2.08. The number of benzene rings is 2. The zero-order valence-corrected chi connectivity index (χ0v) is 13.0. The molecule has 1 atom stereocenters. The molecule has 2 amide bonds. The molecule has 4 heteroatoms. The fourth-order valence-electron chi connectivity index (χ4n) is 2.16. The van der Waals surface area contributed by atoms with Gasteiger partial charge in [0.25, 0.3) is 0 Å². The van der Waals surface area contributed by atoms with Crippen molar-refractivity contribution < 1.29 is 9.90 Å². The number of hydrogen-bond donors (Lipinski definition) is 3. The molecule has 2 aromatic carbocycles. The van der Waals surface area contributed by atoms with E-state index in [-0.39, 0.29) is 12.6 Å². The Morgan fingerprint density at radius 2 is 1.82 bits per heavy atom. The SMILES string of the molecule is Cc1ccc(NC(=O)NCC(O)Cc2ccccc2)cc1C. The van der Waals surface area contributed by atoms with Crippen LogP contribution in [0, 0.1) is 13.8 Å². The Kier molecular flexibility index (Phi) is 5.55. The number of carbonyl (C=O) groups is 1. The van der Waals surface area contributed by atoms with E-state index < -0.39 is 6.10 Å². The molecule has 0 fully saturated rings. The molecule has 0 saturated carbocycles. The molecule has 2 rings (SSSR count). The van der Waals surface area contributed by atoms with Gasteiger partial charge in [-0.3, -0.25) is 0 Å². The lowest BCUT2D eigenvalue weighted by atomic mass is 10.1. The van der Waals surface area contributed by atoms with Crippen LogP contribution in [0.3, 0.4) is 0 Å². The summed E-state index contributed by atoms with van der Waals surface area (Å²) >= 11 is 0. The van der Waals surface area contributed by atoms with E-state index in [4.69, 9.17) is 0 Å². The Morgan fingerprint density at radius 3 is 2.50 bits per heavy atom. The van der Waals surface area contributed by atoms with Crippen LogP contribution in [0.5, 0.6) is 0 Å². The number of anilines is 1. The van der Waals surface area contributed by atoms with Gasteiger partial charge in [-0.1, -0.05) is 36.4 Å². The van der Waals surface area contributed by atoms with Crippen molar-refractivity contribution in [3.63, 3.8) is 0 Å². The van der Waals surface area contributed by atoms with Crippen LogP contribution in [0.2, 0.25) is 0 Å². The summed E-state index contributed by atoms with van der Waals surface area (Å²) in [5.41, 5.74) is 4.11. The van der Waals surface area contributed by atoms with Crippen molar-refractivity contribution in [3.8, 4) is 0 Å². The summed E-state index contributed by atoms with van der Waals surface area (Å²) in [6, 6.07) is 15.2. The summed E-state index contributed by atoms with van der Waals surface area (Å²) < 4.78 is 0. The van der Waals surface area contributed by atoms with Gasteiger partial charge >= 0.3 is 6.03 Å². The fraction of sp³-hybridized carbons (Fsp3) is 0.278. The normalized spacial score (nSPS) is 11.8. The fourth-order valence-corrected chi connectivity index (χ4v) is 2.16. The summed E-state index contributed by atoms with van der Waals surface area (Å²) in [6.07, 6.45) is -0.0852. The lowest BCUT2D eigenvalue weighted by Crippen LogP contribution is -2.36. The van der Waals surface area contributed by atoms with Crippen LogP contribution in [-0.2, 0) is 6.42 Å². The van der Waals surface area contributed by atoms with Crippen molar-refractivity contribution in [2.24, 2.45) is 0 Å². The van der Waals surface area contributed by atoms with Crippen molar-refractivity contribution in [3.05, 3.63) is 65.2 Å². The van der Waals surface area contributed by atoms with Gasteiger partial charge in [-0.05, 0) is 42.7 Å². The Labute approximate surface area is 131 Å². The maximum Gasteiger partial charge on any atom is 0.319 e. The average Bonchev–Trinajstić information content (AvgIpc) is 2.50. The molecule has 0 saturated heterocycles. The van der Waals surface area contributed by atoms with E-state index in [0.717, 1.165) is 16.8 Å². The molecule has 4 nitrogen and oxygen atoms in total. The van der Waals surface area contributed by atoms with Crippen LogP contribution in [0.15, 0.2) is 48.5 Å². The predicted molar refractivity (Wildman–Crippen MR) is 89.1 cm³/mol. The molecule has 0 aliphatic carbocycles. The summed E-state index contributed by atoms with van der Waals surface area (Å²) in [6.45, 7) is 4.24. The number of amides is 2. The Balaban J connectivity index is 1.78. The molecule has 0 aliphatic rings. The highest BCUT2D eigenvalue weighted by molar-refractivity contribution is 5.89. The third-order valence-electron chi connectivity index (χ3n) is 3.58. The number of aliphatic hydroxyl groups is 1. The van der Waals surface area contributed by atoms with Crippen molar-refractivity contribution in [2.75, 3.05) is 11.9 Å². The van der Waals surface area contributed by atoms with Gasteiger partial charge in [0.2, 0.25) is 0 Å². The largest absolute Gasteiger partial charge is 0.391 e. The second-order valence-corrected chi connectivity index (χ2v) is 5.48. The molecule has 3 N–H and O–H groups in total. The van der Waals surface area contributed by atoms with Crippen molar-refractivity contribution in [1.29, 1.82) is 0 Å². The number of aryl methyl sites for hydroxylation is 2. The molecular formula is C18H22N2O2. The molecule has 0 aromatic heterocycles. The minimum atomic E-state index is -0.604. The van der Waals surface area contributed by atoms with Crippen molar-refractivity contribution in [1.82, 2.24) is 5.32 Å². The summed E-state index contributed by atoms with van der Waals surface area (Å²) in [5, 5.41) is 15.4. The van der Waals surface area contributed by atoms with E-state index in [9.17, 15) is 9.90 Å². The predicted octanol–water partition coefficient (Wildman–Crippen LogP) is 3.03. The first-order chi connectivity index (χ1) is 10.5. The Morgan fingerprint density at radius 1 is 1.09 bits per heavy atom. The van der Waals surface area contributed by atoms with Gasteiger partial charge in [-0.25, -0.2) is 4.79 Å². The Hall–Kier alpha value is -2.33. The van der Waals surface area contributed by atoms with E-state index in [0.29, 0.717) is 6.42 Å². The van der Waals surface area contributed by atoms with E-state index in [1.807, 2.05) is 62.4 Å². The highest BCUT2D eigenvalue weighted by Crippen LogP contribution is 2.13. The van der Waals surface area contributed by atoms with Crippen molar-refractivity contribution in [2.45, 2.75) is 26.4 Å².